The molecule has 116 valence electrons. The quantitative estimate of drug-likeness (QED) is 0.845. The van der Waals surface area contributed by atoms with Gasteiger partial charge in [0, 0.05) is 6.54 Å². The van der Waals surface area contributed by atoms with Crippen LogP contribution >= 0.6 is 0 Å². The van der Waals surface area contributed by atoms with Crippen molar-refractivity contribution in [2.24, 2.45) is 5.73 Å². The highest BCUT2D eigenvalue weighted by atomic mass is 16.5. The lowest BCUT2D eigenvalue weighted by molar-refractivity contribution is -0.126. The highest BCUT2D eigenvalue weighted by Crippen LogP contribution is 2.29. The average Bonchev–Trinajstić information content (AvgIpc) is 2.53. The van der Waals surface area contributed by atoms with Crippen LogP contribution in [0.2, 0.25) is 0 Å². The van der Waals surface area contributed by atoms with Crippen molar-refractivity contribution in [1.29, 1.82) is 0 Å². The minimum atomic E-state index is -0.286. The fourth-order valence-corrected chi connectivity index (χ4v) is 2.93. The van der Waals surface area contributed by atoms with Crippen LogP contribution in [0.5, 0.6) is 0 Å². The number of hydrogen-bond donors (Lipinski definition) is 2. The van der Waals surface area contributed by atoms with Crippen molar-refractivity contribution < 1.29 is 9.53 Å². The Morgan fingerprint density at radius 1 is 1.38 bits per heavy atom. The number of carbonyl (C=O) groups is 1. The van der Waals surface area contributed by atoms with E-state index < -0.39 is 0 Å². The summed E-state index contributed by atoms with van der Waals surface area (Å²) in [4.78, 5) is 12.4. The Morgan fingerprint density at radius 2 is 2.10 bits per heavy atom. The fraction of sp³-hybridized carbons (Fsp3) is 0.588. The van der Waals surface area contributed by atoms with Gasteiger partial charge >= 0.3 is 0 Å². The Balaban J connectivity index is 2.04. The number of hydrogen-bond acceptors (Lipinski definition) is 3. The highest BCUT2D eigenvalue weighted by Gasteiger charge is 2.29. The molecular formula is C17H26N2O2. The molecular weight excluding hydrogens is 264 g/mol. The number of rotatable bonds is 6. The van der Waals surface area contributed by atoms with Crippen molar-refractivity contribution in [2.75, 3.05) is 13.2 Å². The number of nitrogens with two attached hydrogens (primary N) is 1. The summed E-state index contributed by atoms with van der Waals surface area (Å²) in [6.07, 6.45) is 2.82. The molecule has 0 fully saturated rings. The minimum absolute atomic E-state index is 0.0193. The summed E-state index contributed by atoms with van der Waals surface area (Å²) >= 11 is 0. The Bertz CT molecular complexity index is 475. The molecule has 0 aromatic heterocycles. The topological polar surface area (TPSA) is 64.3 Å². The second kappa shape index (κ2) is 7.05. The first-order chi connectivity index (χ1) is 10.1. The normalized spacial score (nSPS) is 18.1. The molecule has 0 saturated heterocycles. The molecule has 0 aliphatic carbocycles. The number of nitrogens with one attached hydrogen (secondary N) is 1. The standard InChI is InChI=1S/C17H26N2O2/c1-3-17(4-2,12-18)19-16(20)11-15-14-8-6-5-7-13(14)9-10-21-15/h5-8,15H,3-4,9-12,18H2,1-2H3,(H,19,20). The van der Waals surface area contributed by atoms with E-state index in [1.54, 1.807) is 0 Å². The molecule has 0 radical (unpaired) electrons. The van der Waals surface area contributed by atoms with Gasteiger partial charge in [-0.3, -0.25) is 4.79 Å². The van der Waals surface area contributed by atoms with E-state index in [1.165, 1.54) is 5.56 Å². The van der Waals surface area contributed by atoms with Crippen molar-refractivity contribution in [3.63, 3.8) is 0 Å². The van der Waals surface area contributed by atoms with E-state index in [4.69, 9.17) is 10.5 Å². The summed E-state index contributed by atoms with van der Waals surface area (Å²) in [5, 5.41) is 3.11. The van der Waals surface area contributed by atoms with Crippen LogP contribution in [-0.4, -0.2) is 24.6 Å². The summed E-state index contributed by atoms with van der Waals surface area (Å²) in [7, 11) is 0. The Kier molecular flexibility index (Phi) is 5.37. The van der Waals surface area contributed by atoms with E-state index in [2.05, 4.69) is 31.3 Å². The van der Waals surface area contributed by atoms with Gasteiger partial charge in [-0.2, -0.15) is 0 Å². The van der Waals surface area contributed by atoms with Gasteiger partial charge in [-0.25, -0.2) is 0 Å². The zero-order chi connectivity index (χ0) is 15.3. The van der Waals surface area contributed by atoms with Crippen LogP contribution in [0.4, 0.5) is 0 Å². The first-order valence-corrected chi connectivity index (χ1v) is 7.84. The lowest BCUT2D eigenvalue weighted by Gasteiger charge is -2.33. The van der Waals surface area contributed by atoms with Crippen LogP contribution in [-0.2, 0) is 16.0 Å². The molecule has 1 atom stereocenters. The van der Waals surface area contributed by atoms with Crippen molar-refractivity contribution >= 4 is 5.91 Å². The van der Waals surface area contributed by atoms with Gasteiger partial charge in [-0.15, -0.1) is 0 Å². The smallest absolute Gasteiger partial charge is 0.223 e. The maximum Gasteiger partial charge on any atom is 0.223 e. The molecule has 1 amide bonds. The van der Waals surface area contributed by atoms with Crippen molar-refractivity contribution in [3.05, 3.63) is 35.4 Å². The van der Waals surface area contributed by atoms with Gasteiger partial charge in [0.2, 0.25) is 5.91 Å². The van der Waals surface area contributed by atoms with Crippen molar-refractivity contribution in [2.45, 2.75) is 51.2 Å². The van der Waals surface area contributed by atoms with Crippen LogP contribution in [0.25, 0.3) is 0 Å². The van der Waals surface area contributed by atoms with Crippen molar-refractivity contribution in [3.8, 4) is 0 Å². The number of carbonyl (C=O) groups excluding carboxylic acids is 1. The van der Waals surface area contributed by atoms with Crippen LogP contribution in [0.3, 0.4) is 0 Å². The monoisotopic (exact) mass is 290 g/mol. The maximum atomic E-state index is 12.4. The summed E-state index contributed by atoms with van der Waals surface area (Å²) in [6, 6.07) is 8.21. The molecule has 3 N–H and O–H groups in total. The first-order valence-electron chi connectivity index (χ1n) is 7.84. The second-order valence-electron chi connectivity index (χ2n) is 5.75. The number of ether oxygens (including phenoxy) is 1. The summed E-state index contributed by atoms with van der Waals surface area (Å²) in [5.41, 5.74) is 7.99. The van der Waals surface area contributed by atoms with Gasteiger partial charge in [-0.1, -0.05) is 38.1 Å². The lowest BCUT2D eigenvalue weighted by atomic mass is 9.91. The molecule has 2 rings (SSSR count). The van der Waals surface area contributed by atoms with E-state index >= 15 is 0 Å². The van der Waals surface area contributed by atoms with E-state index in [1.807, 2.05) is 12.1 Å². The molecule has 0 spiro atoms. The number of amides is 1. The van der Waals surface area contributed by atoms with Crippen molar-refractivity contribution in [1.82, 2.24) is 5.32 Å². The molecule has 4 nitrogen and oxygen atoms in total. The Hall–Kier alpha value is -1.39. The molecule has 0 saturated carbocycles. The minimum Gasteiger partial charge on any atom is -0.373 e. The van der Waals surface area contributed by atoms with E-state index in [0.717, 1.165) is 24.8 Å². The molecule has 0 bridgehead atoms. The molecule has 1 aliphatic heterocycles. The van der Waals surface area contributed by atoms with Gasteiger partial charge in [0.1, 0.15) is 0 Å². The molecule has 21 heavy (non-hydrogen) atoms. The van der Waals surface area contributed by atoms with Crippen LogP contribution < -0.4 is 11.1 Å². The molecule has 1 heterocycles. The summed E-state index contributed by atoms with van der Waals surface area (Å²) in [6.45, 7) is 5.26. The van der Waals surface area contributed by atoms with Crippen LogP contribution in [0, 0.1) is 0 Å². The Morgan fingerprint density at radius 3 is 2.76 bits per heavy atom. The maximum absolute atomic E-state index is 12.4. The van der Waals surface area contributed by atoms with Crippen LogP contribution in [0.15, 0.2) is 24.3 Å². The molecule has 4 heteroatoms. The van der Waals surface area contributed by atoms with E-state index in [0.29, 0.717) is 19.6 Å². The second-order valence-corrected chi connectivity index (χ2v) is 5.75. The molecule has 1 aromatic rings. The fourth-order valence-electron chi connectivity index (χ4n) is 2.93. The third-order valence-corrected chi connectivity index (χ3v) is 4.61. The molecule has 1 aromatic carbocycles. The number of benzene rings is 1. The summed E-state index contributed by atoms with van der Waals surface area (Å²) < 4.78 is 5.80. The molecule has 1 unspecified atom stereocenters. The first kappa shape index (κ1) is 16.0. The highest BCUT2D eigenvalue weighted by molar-refractivity contribution is 5.77. The van der Waals surface area contributed by atoms with Gasteiger partial charge in [0.25, 0.3) is 0 Å². The van der Waals surface area contributed by atoms with Gasteiger partial charge in [0.05, 0.1) is 24.7 Å². The predicted octanol–water partition coefficient (Wildman–Crippen LogP) is 2.32. The van der Waals surface area contributed by atoms with E-state index in [9.17, 15) is 4.79 Å². The summed E-state index contributed by atoms with van der Waals surface area (Å²) in [5.74, 6) is 0.0193. The van der Waals surface area contributed by atoms with Gasteiger partial charge in [0.15, 0.2) is 0 Å². The molecule has 1 aliphatic rings. The predicted molar refractivity (Wildman–Crippen MR) is 84.0 cm³/mol. The third kappa shape index (κ3) is 3.63. The third-order valence-electron chi connectivity index (χ3n) is 4.61. The Labute approximate surface area is 127 Å². The average molecular weight is 290 g/mol. The number of fused-ring (bicyclic) bond motifs is 1. The van der Waals surface area contributed by atoms with Gasteiger partial charge in [-0.05, 0) is 30.4 Å². The van der Waals surface area contributed by atoms with E-state index in [-0.39, 0.29) is 17.6 Å². The SMILES string of the molecule is CCC(CC)(CN)NC(=O)CC1OCCc2ccccc21. The zero-order valence-corrected chi connectivity index (χ0v) is 13.0. The zero-order valence-electron chi connectivity index (χ0n) is 13.0. The van der Waals surface area contributed by atoms with Gasteiger partial charge < -0.3 is 15.8 Å². The lowest BCUT2D eigenvalue weighted by Crippen LogP contribution is -2.53. The largest absolute Gasteiger partial charge is 0.373 e. The van der Waals surface area contributed by atoms with Crippen LogP contribution in [0.1, 0.15) is 50.3 Å².